The van der Waals surface area contributed by atoms with Gasteiger partial charge in [0.05, 0.1) is 20.3 Å². The lowest BCUT2D eigenvalue weighted by molar-refractivity contribution is 0.227. The molecule has 0 fully saturated rings. The van der Waals surface area contributed by atoms with Crippen LogP contribution in [0.1, 0.15) is 79.4 Å². The molecule has 3 aromatic rings. The van der Waals surface area contributed by atoms with Crippen molar-refractivity contribution in [3.63, 3.8) is 0 Å². The van der Waals surface area contributed by atoms with Crippen molar-refractivity contribution in [3.8, 4) is 40.2 Å². The molecular weight excluding hydrogens is 685 g/mol. The summed E-state index contributed by atoms with van der Waals surface area (Å²) >= 11 is 6.20. The predicted molar refractivity (Wildman–Crippen MR) is 212 cm³/mol. The molecule has 5 heterocycles. The minimum absolute atomic E-state index is 0.0550. The van der Waals surface area contributed by atoms with Gasteiger partial charge in [-0.3, -0.25) is 4.90 Å². The number of hydrogen-bond acceptors (Lipinski definition) is 8. The van der Waals surface area contributed by atoms with Gasteiger partial charge in [-0.2, -0.15) is 0 Å². The number of fused-ring (bicyclic) bond motifs is 2. The standard InChI is InChI=1S/C43H52N4O5S/c1-6-46(7-2)18-8-17-44-43(53)47-20-16-30-25-39(49-5)41-42-40(30)34(47)21-27-9-12-31(13-10-27)50-36-23-28(11-14-35(36)48-4)22-33-32-26-38(52-42)37(51-41)24-29(32)15-19-45(33)3/h9,11-12,14,23-26,33-34H,6-8,10,13,15-22H2,1-5H3,(H,44,53)/t33-,34-/m0/s1. The number of ether oxygens (including phenoxy) is 5. The van der Waals surface area contributed by atoms with Gasteiger partial charge >= 0.3 is 0 Å². The zero-order valence-corrected chi connectivity index (χ0v) is 32.6. The van der Waals surface area contributed by atoms with Crippen LogP contribution in [0.4, 0.5) is 0 Å². The third-order valence-corrected chi connectivity index (χ3v) is 12.1. The fourth-order valence-corrected chi connectivity index (χ4v) is 9.01. The molecule has 0 radical (unpaired) electrons. The Morgan fingerprint density at radius 1 is 0.830 bits per heavy atom. The largest absolute Gasteiger partial charge is 0.493 e. The first kappa shape index (κ1) is 35.8. The number of allylic oxidation sites excluding steroid dienone is 3. The van der Waals surface area contributed by atoms with Crippen molar-refractivity contribution in [2.45, 2.75) is 70.9 Å². The Hall–Kier alpha value is -4.25. The van der Waals surface area contributed by atoms with Crippen molar-refractivity contribution in [1.82, 2.24) is 20.0 Å². The molecule has 6 aliphatic rings. The molecule has 9 rings (SSSR count). The van der Waals surface area contributed by atoms with Gasteiger partial charge in [0.25, 0.3) is 0 Å². The highest BCUT2D eigenvalue weighted by Crippen LogP contribution is 2.57. The van der Waals surface area contributed by atoms with Crippen LogP contribution in [-0.4, -0.2) is 80.3 Å². The van der Waals surface area contributed by atoms with Gasteiger partial charge < -0.3 is 38.8 Å². The summed E-state index contributed by atoms with van der Waals surface area (Å²) in [6, 6.07) is 13.0. The van der Waals surface area contributed by atoms with E-state index in [2.05, 4.69) is 83.4 Å². The summed E-state index contributed by atoms with van der Waals surface area (Å²) in [7, 11) is 5.63. The lowest BCUT2D eigenvalue weighted by Crippen LogP contribution is -2.46. The number of nitrogens with zero attached hydrogens (tertiary/aromatic N) is 3. The van der Waals surface area contributed by atoms with Crippen LogP contribution >= 0.6 is 12.2 Å². The quantitative estimate of drug-likeness (QED) is 0.141. The molecule has 0 saturated heterocycles. The minimum Gasteiger partial charge on any atom is -0.493 e. The fraction of sp³-hybridized carbons (Fsp3) is 0.465. The highest BCUT2D eigenvalue weighted by Gasteiger charge is 2.39. The van der Waals surface area contributed by atoms with Crippen molar-refractivity contribution < 1.29 is 23.7 Å². The van der Waals surface area contributed by atoms with Crippen LogP contribution in [0, 0.1) is 0 Å². The summed E-state index contributed by atoms with van der Waals surface area (Å²) in [5, 5.41) is 4.42. The highest BCUT2D eigenvalue weighted by atomic mass is 32.1. The number of methoxy groups -OCH3 is 2. The summed E-state index contributed by atoms with van der Waals surface area (Å²) in [5.41, 5.74) is 7.42. The first-order valence-corrected chi connectivity index (χ1v) is 19.7. The topological polar surface area (TPSA) is 67.9 Å². The van der Waals surface area contributed by atoms with Crippen LogP contribution in [0.5, 0.6) is 40.2 Å². The monoisotopic (exact) mass is 736 g/mol. The Kier molecular flexibility index (Phi) is 10.3. The normalized spacial score (nSPS) is 20.0. The molecule has 53 heavy (non-hydrogen) atoms. The molecule has 1 aliphatic carbocycles. The summed E-state index contributed by atoms with van der Waals surface area (Å²) in [4.78, 5) is 7.28. The van der Waals surface area contributed by atoms with E-state index in [9.17, 15) is 0 Å². The Morgan fingerprint density at radius 3 is 2.40 bits per heavy atom. The van der Waals surface area contributed by atoms with E-state index in [4.69, 9.17) is 35.9 Å². The van der Waals surface area contributed by atoms with Crippen molar-refractivity contribution in [2.75, 3.05) is 60.5 Å². The molecule has 2 atom stereocenters. The first-order chi connectivity index (χ1) is 25.9. The molecular formula is C43H52N4O5S. The summed E-state index contributed by atoms with van der Waals surface area (Å²) < 4.78 is 32.3. The second kappa shape index (κ2) is 15.2. The van der Waals surface area contributed by atoms with E-state index in [0.29, 0.717) is 11.5 Å². The zero-order valence-electron chi connectivity index (χ0n) is 31.8. The van der Waals surface area contributed by atoms with Crippen LogP contribution in [-0.2, 0) is 19.3 Å². The number of hydrogen-bond donors (Lipinski definition) is 1. The van der Waals surface area contributed by atoms with Crippen molar-refractivity contribution in [2.24, 2.45) is 0 Å². The maximum Gasteiger partial charge on any atom is 0.212 e. The molecule has 10 heteroatoms. The molecule has 1 N–H and O–H groups in total. The smallest absolute Gasteiger partial charge is 0.212 e. The zero-order chi connectivity index (χ0) is 36.6. The lowest BCUT2D eigenvalue weighted by atomic mass is 9.85. The molecule has 0 aromatic heterocycles. The average Bonchev–Trinajstić information content (AvgIpc) is 3.17. The van der Waals surface area contributed by atoms with Crippen LogP contribution in [0.15, 0.2) is 59.9 Å². The number of nitrogens with one attached hydrogen (secondary N) is 1. The van der Waals surface area contributed by atoms with Crippen molar-refractivity contribution in [1.29, 1.82) is 0 Å². The van der Waals surface area contributed by atoms with Gasteiger partial charge in [-0.1, -0.05) is 31.6 Å². The van der Waals surface area contributed by atoms with Gasteiger partial charge in [0, 0.05) is 37.7 Å². The van der Waals surface area contributed by atoms with E-state index in [0.717, 1.165) is 129 Å². The molecule has 0 amide bonds. The Labute approximate surface area is 319 Å². The van der Waals surface area contributed by atoms with Gasteiger partial charge in [0.15, 0.2) is 39.6 Å². The van der Waals surface area contributed by atoms with Gasteiger partial charge in [0.1, 0.15) is 5.76 Å². The van der Waals surface area contributed by atoms with Gasteiger partial charge in [0.2, 0.25) is 5.75 Å². The lowest BCUT2D eigenvalue weighted by Gasteiger charge is -2.42. The second-order valence-electron chi connectivity index (χ2n) is 14.8. The predicted octanol–water partition coefficient (Wildman–Crippen LogP) is 8.27. The van der Waals surface area contributed by atoms with Gasteiger partial charge in [-0.25, -0.2) is 0 Å². The molecule has 0 saturated carbocycles. The van der Waals surface area contributed by atoms with Crippen LogP contribution < -0.4 is 29.0 Å². The summed E-state index contributed by atoms with van der Waals surface area (Å²) in [5.74, 6) is 5.98. The van der Waals surface area contributed by atoms with Gasteiger partial charge in [-0.15, -0.1) is 0 Å². The Balaban J connectivity index is 1.23. The number of likely N-dealkylation sites (N-methyl/N-ethyl adjacent to an activating group) is 1. The van der Waals surface area contributed by atoms with E-state index in [1.54, 1.807) is 14.2 Å². The number of rotatable bonds is 8. The molecule has 280 valence electrons. The van der Waals surface area contributed by atoms with Gasteiger partial charge in [-0.05, 0) is 136 Å². The van der Waals surface area contributed by atoms with E-state index in [1.165, 1.54) is 27.8 Å². The molecule has 3 aromatic carbocycles. The van der Waals surface area contributed by atoms with Crippen molar-refractivity contribution >= 4 is 17.3 Å². The second-order valence-corrected chi connectivity index (χ2v) is 15.2. The van der Waals surface area contributed by atoms with E-state index < -0.39 is 0 Å². The third-order valence-electron chi connectivity index (χ3n) is 11.8. The summed E-state index contributed by atoms with van der Waals surface area (Å²) in [6.07, 6.45) is 10.5. The van der Waals surface area contributed by atoms with E-state index in [1.807, 2.05) is 6.07 Å². The third kappa shape index (κ3) is 6.97. The van der Waals surface area contributed by atoms with E-state index >= 15 is 0 Å². The average molecular weight is 737 g/mol. The van der Waals surface area contributed by atoms with Crippen LogP contribution in [0.25, 0.3) is 0 Å². The first-order valence-electron chi connectivity index (χ1n) is 19.3. The minimum atomic E-state index is -0.0550. The molecule has 5 aliphatic heterocycles. The molecule has 0 unspecified atom stereocenters. The van der Waals surface area contributed by atoms with Crippen LogP contribution in [0.3, 0.4) is 0 Å². The SMILES string of the molecule is CCN(CC)CCCNC(=S)N1CCc2cc(OC)c3c4c2[C@@H]1CC1=CC=C(CC1)Oc1cc(ccc1OC)C[C@H]1c2cc(c(cc2CCN1C)O3)O4. The number of benzene rings is 3. The number of thiocarbonyl (C=S) groups is 1. The summed E-state index contributed by atoms with van der Waals surface area (Å²) in [6.45, 7) is 10.2. The van der Waals surface area contributed by atoms with Crippen LogP contribution in [0.2, 0.25) is 0 Å². The molecule has 9 nitrogen and oxygen atoms in total. The highest BCUT2D eigenvalue weighted by molar-refractivity contribution is 7.80. The van der Waals surface area contributed by atoms with Crippen molar-refractivity contribution in [3.05, 3.63) is 87.7 Å². The Bertz CT molecular complexity index is 1960. The Morgan fingerprint density at radius 2 is 1.62 bits per heavy atom. The fourth-order valence-electron chi connectivity index (χ4n) is 8.69. The maximum atomic E-state index is 7.08. The molecule has 7 bridgehead atoms. The molecule has 0 spiro atoms. The maximum absolute atomic E-state index is 7.08. The van der Waals surface area contributed by atoms with E-state index in [-0.39, 0.29) is 12.1 Å².